The highest BCUT2D eigenvalue weighted by atomic mass is 19.1. The smallest absolute Gasteiger partial charge is 0.243 e. The average molecular weight is 454 g/mol. The molecular weight excluding hydrogens is 417 g/mol. The minimum absolute atomic E-state index is 0.118. The van der Waals surface area contributed by atoms with Crippen LogP contribution in [0.1, 0.15) is 44.9 Å². The highest BCUT2D eigenvalue weighted by Gasteiger charge is 2.27. The number of aromatic nitrogens is 2. The van der Waals surface area contributed by atoms with Crippen LogP contribution in [0, 0.1) is 17.7 Å². The molecule has 0 bridgehead atoms. The van der Waals surface area contributed by atoms with Gasteiger partial charge < -0.3 is 9.80 Å². The van der Waals surface area contributed by atoms with Gasteiger partial charge in [0.05, 0.1) is 12.5 Å². The second-order valence-corrected chi connectivity index (χ2v) is 8.63. The topological polar surface area (TPSA) is 114 Å². The summed E-state index contributed by atoms with van der Waals surface area (Å²) in [6, 6.07) is 0. The lowest BCUT2D eigenvalue weighted by atomic mass is 9.92. The number of anilines is 2. The molecule has 1 aliphatic rings. The van der Waals surface area contributed by atoms with Crippen LogP contribution in [0.25, 0.3) is 0 Å². The van der Waals surface area contributed by atoms with Crippen molar-refractivity contribution < 1.29 is 19.2 Å². The van der Waals surface area contributed by atoms with Crippen LogP contribution in [0.5, 0.6) is 0 Å². The second kappa shape index (κ2) is 12.5. The van der Waals surface area contributed by atoms with Crippen LogP contribution in [0.3, 0.4) is 0 Å². The first-order chi connectivity index (χ1) is 15.2. The molecule has 180 valence electrons. The number of aryl methyl sites for hydroxylation is 1. The lowest BCUT2D eigenvalue weighted by molar-refractivity contribution is -0.154. The van der Waals surface area contributed by atoms with Crippen molar-refractivity contribution in [2.45, 2.75) is 45.4 Å². The molecule has 1 fully saturated rings. The molecule has 32 heavy (non-hydrogen) atoms. The number of hydroxylamine groups is 2. The van der Waals surface area contributed by atoms with E-state index in [1.54, 1.807) is 11.9 Å². The van der Waals surface area contributed by atoms with Gasteiger partial charge in [-0.1, -0.05) is 32.6 Å². The van der Waals surface area contributed by atoms with Crippen molar-refractivity contribution in [2.24, 2.45) is 11.8 Å². The molecule has 11 heteroatoms. The van der Waals surface area contributed by atoms with Gasteiger partial charge in [0, 0.05) is 26.6 Å². The van der Waals surface area contributed by atoms with Gasteiger partial charge in [0.1, 0.15) is 5.82 Å². The number of hydrogen-bond acceptors (Lipinski definition) is 8. The van der Waals surface area contributed by atoms with E-state index in [0.717, 1.165) is 32.2 Å². The lowest BCUT2D eigenvalue weighted by Crippen LogP contribution is -2.41. The van der Waals surface area contributed by atoms with Gasteiger partial charge >= 0.3 is 0 Å². The fraction of sp³-hybridized carbons (Fsp3) is 0.714. The first-order valence-corrected chi connectivity index (χ1v) is 11.1. The summed E-state index contributed by atoms with van der Waals surface area (Å²) in [5.41, 5.74) is 5.10. The Kier molecular flexibility index (Phi) is 10.0. The molecule has 0 saturated heterocycles. The predicted molar refractivity (Wildman–Crippen MR) is 120 cm³/mol. The number of rotatable bonds is 13. The zero-order valence-corrected chi connectivity index (χ0v) is 19.5. The average Bonchev–Trinajstić information content (AvgIpc) is 3.29. The van der Waals surface area contributed by atoms with Crippen LogP contribution in [0.2, 0.25) is 0 Å². The van der Waals surface area contributed by atoms with Crippen LogP contribution >= 0.6 is 0 Å². The third kappa shape index (κ3) is 7.56. The van der Waals surface area contributed by atoms with E-state index in [4.69, 9.17) is 0 Å². The molecule has 0 spiro atoms. The Morgan fingerprint density at radius 2 is 1.94 bits per heavy atom. The van der Waals surface area contributed by atoms with Crippen molar-refractivity contribution in [2.75, 3.05) is 51.1 Å². The fourth-order valence-corrected chi connectivity index (χ4v) is 3.83. The van der Waals surface area contributed by atoms with E-state index in [2.05, 4.69) is 20.8 Å². The van der Waals surface area contributed by atoms with Crippen LogP contribution in [0.4, 0.5) is 16.0 Å². The van der Waals surface area contributed by atoms with Crippen LogP contribution < -0.4 is 15.8 Å². The fourth-order valence-electron chi connectivity index (χ4n) is 3.83. The van der Waals surface area contributed by atoms with Crippen molar-refractivity contribution in [3.8, 4) is 0 Å². The van der Waals surface area contributed by atoms with Gasteiger partial charge in [0.2, 0.25) is 18.1 Å². The summed E-state index contributed by atoms with van der Waals surface area (Å²) < 4.78 is 15.1. The predicted octanol–water partition coefficient (Wildman–Crippen LogP) is 1.66. The summed E-state index contributed by atoms with van der Waals surface area (Å²) in [5, 5.41) is 10.1. The molecule has 10 nitrogen and oxygen atoms in total. The molecule has 3 N–H and O–H groups in total. The van der Waals surface area contributed by atoms with Gasteiger partial charge in [-0.05, 0) is 26.4 Å². The quantitative estimate of drug-likeness (QED) is 0.235. The molecule has 0 aromatic carbocycles. The number of amides is 2. The number of likely N-dealkylation sites (N-methyl/N-ethyl adjacent to an activating group) is 2. The molecule has 1 atom stereocenters. The Balaban J connectivity index is 2.12. The van der Waals surface area contributed by atoms with Crippen molar-refractivity contribution >= 4 is 24.0 Å². The van der Waals surface area contributed by atoms with E-state index in [9.17, 15) is 14.8 Å². The molecule has 0 aliphatic heterocycles. The third-order valence-corrected chi connectivity index (χ3v) is 5.74. The minimum atomic E-state index is -0.659. The van der Waals surface area contributed by atoms with Gasteiger partial charge in [-0.2, -0.15) is 4.39 Å². The summed E-state index contributed by atoms with van der Waals surface area (Å²) in [7, 11) is 5.62. The van der Waals surface area contributed by atoms with Crippen LogP contribution in [-0.4, -0.2) is 78.2 Å². The normalized spacial score (nSPS) is 15.0. The number of carbonyl (C=O) groups is 2. The second-order valence-electron chi connectivity index (χ2n) is 8.63. The van der Waals surface area contributed by atoms with E-state index < -0.39 is 17.6 Å². The number of hydrazine groups is 1. The van der Waals surface area contributed by atoms with Crippen LogP contribution in [-0.2, 0) is 16.0 Å². The van der Waals surface area contributed by atoms with Gasteiger partial charge in [-0.3, -0.25) is 25.6 Å². The standard InChI is InChI=1S/C21H36FN7O3/c1-5-17-23-19(18(22)20(24-17)28(4)11-10-27(2)3)25-26-21(31)16(13-29(32)14-30)12-15-8-6-7-9-15/h14-16,32H,5-13H2,1-4H3,(H,26,31)(H,23,24,25)/t16-/m0/s1. The molecule has 1 saturated carbocycles. The van der Waals surface area contributed by atoms with Crippen LogP contribution in [0.15, 0.2) is 0 Å². The Hall–Kier alpha value is -2.53. The number of nitrogens with zero attached hydrogens (tertiary/aromatic N) is 5. The van der Waals surface area contributed by atoms with Gasteiger partial charge in [-0.25, -0.2) is 15.0 Å². The molecule has 1 heterocycles. The van der Waals surface area contributed by atoms with Crippen molar-refractivity contribution in [3.05, 3.63) is 11.6 Å². The summed E-state index contributed by atoms with van der Waals surface area (Å²) in [4.78, 5) is 35.8. The molecule has 0 unspecified atom stereocenters. The van der Waals surface area contributed by atoms with Crippen molar-refractivity contribution in [1.82, 2.24) is 25.4 Å². The van der Waals surface area contributed by atoms with Gasteiger partial charge in [0.15, 0.2) is 11.6 Å². The maximum absolute atomic E-state index is 15.1. The molecule has 2 amide bonds. The summed E-state index contributed by atoms with van der Waals surface area (Å²) in [5.74, 6) is -0.874. The number of nitrogens with one attached hydrogen (secondary N) is 2. The highest BCUT2D eigenvalue weighted by molar-refractivity contribution is 5.80. The zero-order chi connectivity index (χ0) is 23.7. The first kappa shape index (κ1) is 25.7. The molecule has 0 radical (unpaired) electrons. The lowest BCUT2D eigenvalue weighted by Gasteiger charge is -2.24. The molecule has 1 aliphatic carbocycles. The monoisotopic (exact) mass is 453 g/mol. The Morgan fingerprint density at radius 3 is 2.53 bits per heavy atom. The highest BCUT2D eigenvalue weighted by Crippen LogP contribution is 2.30. The number of hydrogen-bond donors (Lipinski definition) is 3. The summed E-state index contributed by atoms with van der Waals surface area (Å²) >= 11 is 0. The van der Waals surface area contributed by atoms with E-state index in [1.165, 1.54) is 0 Å². The molecule has 1 aromatic heterocycles. The Morgan fingerprint density at radius 1 is 1.25 bits per heavy atom. The number of carbonyl (C=O) groups excluding carboxylic acids is 2. The van der Waals surface area contributed by atoms with Gasteiger partial charge in [-0.15, -0.1) is 0 Å². The largest absolute Gasteiger partial charge is 0.356 e. The van der Waals surface area contributed by atoms with E-state index in [1.807, 2.05) is 25.9 Å². The SMILES string of the molecule is CCc1nc(NNC(=O)[C@@H](CC2CCCC2)CN(O)C=O)c(F)c(N(C)CCN(C)C)n1. The molecule has 2 rings (SSSR count). The number of halogens is 1. The Bertz CT molecular complexity index is 759. The maximum Gasteiger partial charge on any atom is 0.243 e. The Labute approximate surface area is 189 Å². The molecular formula is C21H36FN7O3. The summed E-state index contributed by atoms with van der Waals surface area (Å²) in [6.45, 7) is 3.03. The van der Waals surface area contributed by atoms with E-state index >= 15 is 4.39 Å². The summed E-state index contributed by atoms with van der Waals surface area (Å²) in [6.07, 6.45) is 5.59. The first-order valence-electron chi connectivity index (χ1n) is 11.1. The maximum atomic E-state index is 15.1. The van der Waals surface area contributed by atoms with E-state index in [0.29, 0.717) is 36.2 Å². The zero-order valence-electron chi connectivity index (χ0n) is 19.5. The van der Waals surface area contributed by atoms with Crippen molar-refractivity contribution in [1.29, 1.82) is 0 Å². The minimum Gasteiger partial charge on any atom is -0.356 e. The molecule has 1 aromatic rings. The van der Waals surface area contributed by atoms with E-state index in [-0.39, 0.29) is 24.6 Å². The van der Waals surface area contributed by atoms with Crippen molar-refractivity contribution in [3.63, 3.8) is 0 Å². The van der Waals surface area contributed by atoms with Gasteiger partial charge in [0.25, 0.3) is 0 Å². The third-order valence-electron chi connectivity index (χ3n) is 5.74.